The van der Waals surface area contributed by atoms with Crippen LogP contribution >= 0.6 is 15.9 Å². The van der Waals surface area contributed by atoms with Crippen molar-refractivity contribution in [2.75, 3.05) is 7.11 Å². The molecule has 0 N–H and O–H groups in total. The molecule has 2 rings (SSSR count). The van der Waals surface area contributed by atoms with Crippen LogP contribution in [0.5, 0.6) is 5.75 Å². The van der Waals surface area contributed by atoms with Crippen LogP contribution < -0.4 is 4.74 Å². The van der Waals surface area contributed by atoms with Gasteiger partial charge in [0.15, 0.2) is 0 Å². The van der Waals surface area contributed by atoms with Crippen molar-refractivity contribution in [1.82, 2.24) is 0 Å². The van der Waals surface area contributed by atoms with Crippen molar-refractivity contribution in [2.45, 2.75) is 13.3 Å². The lowest BCUT2D eigenvalue weighted by Crippen LogP contribution is -1.90. The van der Waals surface area contributed by atoms with Gasteiger partial charge < -0.3 is 4.74 Å². The van der Waals surface area contributed by atoms with Gasteiger partial charge in [0.25, 0.3) is 0 Å². The minimum absolute atomic E-state index is 0.968. The molecule has 0 radical (unpaired) electrons. The molecule has 0 unspecified atom stereocenters. The van der Waals surface area contributed by atoms with E-state index in [9.17, 15) is 0 Å². The predicted molar refractivity (Wildman–Crippen MR) is 58.0 cm³/mol. The van der Waals surface area contributed by atoms with Crippen LogP contribution in [0.4, 0.5) is 0 Å². The lowest BCUT2D eigenvalue weighted by molar-refractivity contribution is 0.413. The van der Waals surface area contributed by atoms with Gasteiger partial charge in [0.2, 0.25) is 0 Å². The molecule has 68 valence electrons. The Morgan fingerprint density at radius 2 is 2.15 bits per heavy atom. The molecular formula is C11H11BrO. The standard InChI is InChI=1S/C11H11BrO/c1-7-5-8-9(6-7)11(13-2)4-3-10(8)12/h3-4,6H,5H2,1-2H3. The smallest absolute Gasteiger partial charge is 0.126 e. The Morgan fingerprint density at radius 3 is 2.85 bits per heavy atom. The highest BCUT2D eigenvalue weighted by Gasteiger charge is 2.16. The zero-order chi connectivity index (χ0) is 9.42. The quantitative estimate of drug-likeness (QED) is 0.729. The fourth-order valence-electron chi connectivity index (χ4n) is 1.71. The van der Waals surface area contributed by atoms with E-state index in [1.165, 1.54) is 21.2 Å². The molecule has 0 saturated carbocycles. The lowest BCUT2D eigenvalue weighted by atomic mass is 10.1. The van der Waals surface area contributed by atoms with E-state index in [0.717, 1.165) is 12.2 Å². The van der Waals surface area contributed by atoms with E-state index < -0.39 is 0 Å². The second kappa shape index (κ2) is 3.18. The molecule has 0 aliphatic heterocycles. The maximum Gasteiger partial charge on any atom is 0.126 e. The fourth-order valence-corrected chi connectivity index (χ4v) is 2.19. The molecule has 1 nitrogen and oxygen atoms in total. The molecule has 0 saturated heterocycles. The van der Waals surface area contributed by atoms with Crippen LogP contribution in [0.1, 0.15) is 18.1 Å². The van der Waals surface area contributed by atoms with Gasteiger partial charge in [-0.3, -0.25) is 0 Å². The maximum atomic E-state index is 5.29. The number of fused-ring (bicyclic) bond motifs is 1. The van der Waals surface area contributed by atoms with Gasteiger partial charge in [0.1, 0.15) is 5.75 Å². The third kappa shape index (κ3) is 1.39. The first kappa shape index (κ1) is 8.82. The van der Waals surface area contributed by atoms with Gasteiger partial charge in [-0.1, -0.05) is 27.6 Å². The molecule has 0 bridgehead atoms. The van der Waals surface area contributed by atoms with E-state index in [-0.39, 0.29) is 0 Å². The second-order valence-electron chi connectivity index (χ2n) is 3.31. The minimum atomic E-state index is 0.968. The van der Waals surface area contributed by atoms with Crippen LogP contribution in [-0.4, -0.2) is 7.11 Å². The summed E-state index contributed by atoms with van der Waals surface area (Å²) in [4.78, 5) is 0. The summed E-state index contributed by atoms with van der Waals surface area (Å²) < 4.78 is 6.47. The summed E-state index contributed by atoms with van der Waals surface area (Å²) >= 11 is 3.55. The largest absolute Gasteiger partial charge is 0.496 e. The summed E-state index contributed by atoms with van der Waals surface area (Å²) in [5.41, 5.74) is 3.96. The van der Waals surface area contributed by atoms with Crippen LogP contribution in [0.2, 0.25) is 0 Å². The van der Waals surface area contributed by atoms with Crippen molar-refractivity contribution in [1.29, 1.82) is 0 Å². The number of hydrogen-bond donors (Lipinski definition) is 0. The molecule has 0 spiro atoms. The van der Waals surface area contributed by atoms with Crippen LogP contribution in [0.25, 0.3) is 6.08 Å². The molecule has 1 aromatic rings. The molecule has 0 fully saturated rings. The van der Waals surface area contributed by atoms with E-state index in [1.807, 2.05) is 12.1 Å². The Balaban J connectivity index is 2.61. The van der Waals surface area contributed by atoms with Gasteiger partial charge in [-0.05, 0) is 31.0 Å². The molecule has 13 heavy (non-hydrogen) atoms. The first-order chi connectivity index (χ1) is 6.22. The summed E-state index contributed by atoms with van der Waals surface area (Å²) in [6.45, 7) is 2.14. The van der Waals surface area contributed by atoms with Crippen molar-refractivity contribution < 1.29 is 4.74 Å². The topological polar surface area (TPSA) is 9.23 Å². The van der Waals surface area contributed by atoms with E-state index >= 15 is 0 Å². The number of methoxy groups -OCH3 is 1. The molecule has 1 aliphatic carbocycles. The molecular weight excluding hydrogens is 228 g/mol. The molecule has 0 atom stereocenters. The SMILES string of the molecule is COc1ccc(Br)c2c1C=C(C)C2. The highest BCUT2D eigenvalue weighted by Crippen LogP contribution is 2.36. The third-order valence-electron chi connectivity index (χ3n) is 2.33. The van der Waals surface area contributed by atoms with E-state index in [1.54, 1.807) is 7.11 Å². The average Bonchev–Trinajstić information content (AvgIpc) is 2.48. The highest BCUT2D eigenvalue weighted by atomic mass is 79.9. The Labute approximate surface area is 86.5 Å². The molecule has 2 heteroatoms. The van der Waals surface area contributed by atoms with E-state index in [2.05, 4.69) is 28.9 Å². The molecule has 0 heterocycles. The Kier molecular flexibility index (Phi) is 2.16. The summed E-state index contributed by atoms with van der Waals surface area (Å²) in [6, 6.07) is 4.04. The van der Waals surface area contributed by atoms with Gasteiger partial charge in [-0.25, -0.2) is 0 Å². The lowest BCUT2D eigenvalue weighted by Gasteiger charge is -2.07. The maximum absolute atomic E-state index is 5.29. The number of benzene rings is 1. The van der Waals surface area contributed by atoms with Crippen molar-refractivity contribution in [3.63, 3.8) is 0 Å². The van der Waals surface area contributed by atoms with E-state index in [0.29, 0.717) is 0 Å². The summed E-state index contributed by atoms with van der Waals surface area (Å²) in [7, 11) is 1.71. The zero-order valence-electron chi connectivity index (χ0n) is 7.73. The monoisotopic (exact) mass is 238 g/mol. The highest BCUT2D eigenvalue weighted by molar-refractivity contribution is 9.10. The molecule has 0 amide bonds. The molecule has 1 aliphatic rings. The normalized spacial score (nSPS) is 13.9. The van der Waals surface area contributed by atoms with Gasteiger partial charge in [-0.2, -0.15) is 0 Å². The molecule has 0 aromatic heterocycles. The van der Waals surface area contributed by atoms with Crippen LogP contribution in [0.15, 0.2) is 22.2 Å². The summed E-state index contributed by atoms with van der Waals surface area (Å²) in [6.07, 6.45) is 3.23. The van der Waals surface area contributed by atoms with Gasteiger partial charge >= 0.3 is 0 Å². The number of allylic oxidation sites excluding steroid dienone is 1. The summed E-state index contributed by atoms with van der Waals surface area (Å²) in [5, 5.41) is 0. The minimum Gasteiger partial charge on any atom is -0.496 e. The third-order valence-corrected chi connectivity index (χ3v) is 3.07. The Morgan fingerprint density at radius 1 is 1.38 bits per heavy atom. The number of ether oxygens (including phenoxy) is 1. The van der Waals surface area contributed by atoms with Gasteiger partial charge in [0.05, 0.1) is 7.11 Å². The first-order valence-corrected chi connectivity index (χ1v) is 5.04. The van der Waals surface area contributed by atoms with Crippen molar-refractivity contribution in [3.8, 4) is 5.75 Å². The Bertz CT molecular complexity index is 380. The van der Waals surface area contributed by atoms with E-state index in [4.69, 9.17) is 4.74 Å². The average molecular weight is 239 g/mol. The van der Waals surface area contributed by atoms with Gasteiger partial charge in [-0.15, -0.1) is 0 Å². The fraction of sp³-hybridized carbons (Fsp3) is 0.273. The first-order valence-electron chi connectivity index (χ1n) is 4.25. The second-order valence-corrected chi connectivity index (χ2v) is 4.16. The summed E-state index contributed by atoms with van der Waals surface area (Å²) in [5.74, 6) is 0.968. The van der Waals surface area contributed by atoms with Crippen LogP contribution in [0, 0.1) is 0 Å². The van der Waals surface area contributed by atoms with Crippen LogP contribution in [-0.2, 0) is 6.42 Å². The Hall–Kier alpha value is -0.760. The number of halogens is 1. The van der Waals surface area contributed by atoms with Crippen molar-refractivity contribution >= 4 is 22.0 Å². The van der Waals surface area contributed by atoms with Gasteiger partial charge in [0, 0.05) is 10.0 Å². The number of hydrogen-bond acceptors (Lipinski definition) is 1. The number of rotatable bonds is 1. The van der Waals surface area contributed by atoms with Crippen molar-refractivity contribution in [2.24, 2.45) is 0 Å². The van der Waals surface area contributed by atoms with Crippen LogP contribution in [0.3, 0.4) is 0 Å². The zero-order valence-corrected chi connectivity index (χ0v) is 9.31. The predicted octanol–water partition coefficient (Wildman–Crippen LogP) is 3.42. The van der Waals surface area contributed by atoms with Crippen molar-refractivity contribution in [3.05, 3.63) is 33.3 Å². The molecule has 1 aromatic carbocycles.